The van der Waals surface area contributed by atoms with Gasteiger partial charge in [-0.25, -0.2) is 0 Å². The third-order valence-corrected chi connectivity index (χ3v) is 3.22. The van der Waals surface area contributed by atoms with Gasteiger partial charge in [-0.05, 0) is 31.2 Å². The molecule has 0 aliphatic carbocycles. The lowest BCUT2D eigenvalue weighted by Gasteiger charge is -2.07. The van der Waals surface area contributed by atoms with E-state index in [9.17, 15) is 9.90 Å². The number of amides is 1. The average molecular weight is 341 g/mol. The van der Waals surface area contributed by atoms with E-state index < -0.39 is 5.91 Å². The third kappa shape index (κ3) is 4.81. The summed E-state index contributed by atoms with van der Waals surface area (Å²) >= 11 is 0. The lowest BCUT2D eigenvalue weighted by molar-refractivity contribution is -0.113. The molecule has 0 saturated heterocycles. The first-order valence-electron chi connectivity index (χ1n) is 7.45. The number of nitrogens with one attached hydrogen (secondary N) is 1. The lowest BCUT2D eigenvalue weighted by Crippen LogP contribution is -2.14. The maximum absolute atomic E-state index is 12.3. The molecule has 7 heteroatoms. The molecule has 1 amide bonds. The maximum atomic E-state index is 12.3. The molecular formula is C18H19N3O4. The van der Waals surface area contributed by atoms with Gasteiger partial charge in [0.25, 0.3) is 5.91 Å². The Morgan fingerprint density at radius 3 is 2.32 bits per heavy atom. The summed E-state index contributed by atoms with van der Waals surface area (Å²) in [5.74, 6) is 0.240. The number of carbonyl (C=O) groups excluding carboxylic acids is 1. The Morgan fingerprint density at radius 2 is 1.72 bits per heavy atom. The number of hydrogen-bond acceptors (Lipinski definition) is 6. The number of para-hydroxylation sites is 1. The first-order chi connectivity index (χ1) is 12.0. The average Bonchev–Trinajstić information content (AvgIpc) is 2.62. The van der Waals surface area contributed by atoms with Gasteiger partial charge in [0.15, 0.2) is 17.2 Å². The maximum Gasteiger partial charge on any atom is 0.279 e. The van der Waals surface area contributed by atoms with Crippen LogP contribution in [0, 0.1) is 0 Å². The SMILES string of the molecule is COc1ccc(N=NC(C(=O)Nc2ccccc2)=C(C)O)cc1OC. The number of allylic oxidation sites excluding steroid dienone is 1. The topological polar surface area (TPSA) is 92.5 Å². The van der Waals surface area contributed by atoms with Crippen LogP contribution in [0.15, 0.2) is 70.2 Å². The highest BCUT2D eigenvalue weighted by molar-refractivity contribution is 6.03. The van der Waals surface area contributed by atoms with Crippen LogP contribution in [0.2, 0.25) is 0 Å². The van der Waals surface area contributed by atoms with Gasteiger partial charge in [-0.1, -0.05) is 18.2 Å². The first kappa shape index (κ1) is 18.0. The molecule has 7 nitrogen and oxygen atoms in total. The van der Waals surface area contributed by atoms with Crippen LogP contribution in [-0.2, 0) is 4.79 Å². The zero-order valence-corrected chi connectivity index (χ0v) is 14.2. The van der Waals surface area contributed by atoms with Crippen molar-refractivity contribution in [1.82, 2.24) is 0 Å². The summed E-state index contributed by atoms with van der Waals surface area (Å²) in [7, 11) is 3.04. The quantitative estimate of drug-likeness (QED) is 0.467. The summed E-state index contributed by atoms with van der Waals surface area (Å²) in [6.07, 6.45) is 0. The Morgan fingerprint density at radius 1 is 1.04 bits per heavy atom. The second kappa shape index (κ2) is 8.49. The molecule has 0 atom stereocenters. The number of rotatable bonds is 6. The minimum atomic E-state index is -0.560. The van der Waals surface area contributed by atoms with E-state index in [0.717, 1.165) is 0 Å². The highest BCUT2D eigenvalue weighted by Gasteiger charge is 2.13. The molecule has 0 aromatic heterocycles. The predicted octanol–water partition coefficient (Wildman–Crippen LogP) is 4.22. The summed E-state index contributed by atoms with van der Waals surface area (Å²) in [6, 6.07) is 13.8. The molecule has 0 spiro atoms. The normalized spacial score (nSPS) is 11.8. The molecule has 0 bridgehead atoms. The number of benzene rings is 2. The molecule has 0 heterocycles. The molecule has 0 aliphatic rings. The van der Waals surface area contributed by atoms with Crippen LogP contribution in [-0.4, -0.2) is 25.2 Å². The van der Waals surface area contributed by atoms with Gasteiger partial charge in [0.05, 0.1) is 19.9 Å². The molecule has 2 N–H and O–H groups in total. The van der Waals surface area contributed by atoms with E-state index in [2.05, 4.69) is 15.5 Å². The fourth-order valence-electron chi connectivity index (χ4n) is 1.99. The number of aliphatic hydroxyl groups excluding tert-OH is 1. The minimum Gasteiger partial charge on any atom is -0.510 e. The van der Waals surface area contributed by atoms with Crippen molar-refractivity contribution in [3.63, 3.8) is 0 Å². The van der Waals surface area contributed by atoms with Gasteiger partial charge in [-0.2, -0.15) is 5.11 Å². The molecule has 0 fully saturated rings. The van der Waals surface area contributed by atoms with Gasteiger partial charge in [0, 0.05) is 11.8 Å². The number of carbonyl (C=O) groups is 1. The van der Waals surface area contributed by atoms with E-state index >= 15 is 0 Å². The minimum absolute atomic E-state index is 0.182. The van der Waals surface area contributed by atoms with Crippen LogP contribution in [0.5, 0.6) is 11.5 Å². The van der Waals surface area contributed by atoms with E-state index in [4.69, 9.17) is 9.47 Å². The van der Waals surface area contributed by atoms with Crippen molar-refractivity contribution >= 4 is 17.3 Å². The van der Waals surface area contributed by atoms with Gasteiger partial charge in [0.2, 0.25) is 0 Å². The number of nitrogens with zero attached hydrogens (tertiary/aromatic N) is 2. The number of methoxy groups -OCH3 is 2. The lowest BCUT2D eigenvalue weighted by atomic mass is 10.3. The summed E-state index contributed by atoms with van der Waals surface area (Å²) in [5, 5.41) is 20.2. The molecule has 0 saturated carbocycles. The molecule has 2 aromatic carbocycles. The number of ether oxygens (including phenoxy) is 2. The van der Waals surface area contributed by atoms with Gasteiger partial charge in [0.1, 0.15) is 5.76 Å². The number of hydrogen-bond donors (Lipinski definition) is 2. The fraction of sp³-hybridized carbons (Fsp3) is 0.167. The third-order valence-electron chi connectivity index (χ3n) is 3.22. The molecule has 0 radical (unpaired) electrons. The van der Waals surface area contributed by atoms with Crippen molar-refractivity contribution in [3.8, 4) is 11.5 Å². The van der Waals surface area contributed by atoms with Crippen molar-refractivity contribution in [2.24, 2.45) is 10.2 Å². The van der Waals surface area contributed by atoms with Gasteiger partial charge in [-0.15, -0.1) is 5.11 Å². The number of anilines is 1. The number of aliphatic hydroxyl groups is 1. The van der Waals surface area contributed by atoms with Gasteiger partial charge in [-0.3, -0.25) is 4.79 Å². The molecule has 2 rings (SSSR count). The van der Waals surface area contributed by atoms with Crippen LogP contribution in [0.4, 0.5) is 11.4 Å². The van der Waals surface area contributed by atoms with E-state index in [1.54, 1.807) is 42.5 Å². The second-order valence-electron chi connectivity index (χ2n) is 4.99. The fourth-order valence-corrected chi connectivity index (χ4v) is 1.99. The summed E-state index contributed by atoms with van der Waals surface area (Å²) in [6.45, 7) is 1.37. The standard InChI is InChI=1S/C18H19N3O4/c1-12(22)17(18(23)19-13-7-5-4-6-8-13)21-20-14-9-10-15(24-2)16(11-14)25-3/h4-11,22H,1-3H3,(H,19,23). The highest BCUT2D eigenvalue weighted by Crippen LogP contribution is 2.31. The van der Waals surface area contributed by atoms with Crippen LogP contribution in [0.25, 0.3) is 0 Å². The van der Waals surface area contributed by atoms with E-state index in [0.29, 0.717) is 22.9 Å². The zero-order valence-electron chi connectivity index (χ0n) is 14.2. The molecule has 2 aromatic rings. The molecule has 25 heavy (non-hydrogen) atoms. The van der Waals surface area contributed by atoms with Crippen molar-refractivity contribution in [2.75, 3.05) is 19.5 Å². The summed E-state index contributed by atoms with van der Waals surface area (Å²) < 4.78 is 10.3. The number of azo groups is 1. The Balaban J connectivity index is 2.20. The van der Waals surface area contributed by atoms with E-state index in [1.165, 1.54) is 21.1 Å². The van der Waals surface area contributed by atoms with Gasteiger partial charge >= 0.3 is 0 Å². The second-order valence-corrected chi connectivity index (χ2v) is 4.99. The van der Waals surface area contributed by atoms with E-state index in [-0.39, 0.29) is 11.5 Å². The van der Waals surface area contributed by atoms with Crippen molar-refractivity contribution in [2.45, 2.75) is 6.92 Å². The molecular weight excluding hydrogens is 322 g/mol. The van der Waals surface area contributed by atoms with Crippen molar-refractivity contribution < 1.29 is 19.4 Å². The zero-order chi connectivity index (χ0) is 18.2. The monoisotopic (exact) mass is 341 g/mol. The first-order valence-corrected chi connectivity index (χ1v) is 7.45. The smallest absolute Gasteiger partial charge is 0.279 e. The van der Waals surface area contributed by atoms with E-state index in [1.807, 2.05) is 6.07 Å². The Hall–Kier alpha value is -3.35. The van der Waals surface area contributed by atoms with Crippen LogP contribution >= 0.6 is 0 Å². The highest BCUT2D eigenvalue weighted by atomic mass is 16.5. The Labute approximate surface area is 145 Å². The molecule has 0 unspecified atom stereocenters. The van der Waals surface area contributed by atoms with Crippen LogP contribution in [0.3, 0.4) is 0 Å². The van der Waals surface area contributed by atoms with Crippen molar-refractivity contribution in [3.05, 3.63) is 60.0 Å². The Bertz CT molecular complexity index is 797. The summed E-state index contributed by atoms with van der Waals surface area (Å²) in [5.41, 5.74) is 0.857. The Kier molecular flexibility index (Phi) is 6.11. The van der Waals surface area contributed by atoms with Crippen LogP contribution in [0.1, 0.15) is 6.92 Å². The van der Waals surface area contributed by atoms with Crippen molar-refractivity contribution in [1.29, 1.82) is 0 Å². The van der Waals surface area contributed by atoms with Gasteiger partial charge < -0.3 is 19.9 Å². The van der Waals surface area contributed by atoms with Crippen LogP contribution < -0.4 is 14.8 Å². The molecule has 0 aliphatic heterocycles. The predicted molar refractivity (Wildman–Crippen MR) is 94.5 cm³/mol. The molecule has 130 valence electrons. The summed E-state index contributed by atoms with van der Waals surface area (Å²) in [4.78, 5) is 12.3. The largest absolute Gasteiger partial charge is 0.510 e.